The number of imidazole rings is 1. The van der Waals surface area contributed by atoms with Crippen molar-refractivity contribution >= 4 is 40.4 Å². The molecule has 0 aliphatic carbocycles. The van der Waals surface area contributed by atoms with Crippen molar-refractivity contribution in [2.45, 2.75) is 18.6 Å². The predicted molar refractivity (Wildman–Crippen MR) is 79.6 cm³/mol. The van der Waals surface area contributed by atoms with Crippen LogP contribution in [0.2, 0.25) is 5.02 Å². The normalized spacial score (nSPS) is 11.1. The molecule has 2 aromatic rings. The SMILES string of the molecule is CCOCCn1c(SCC(=O)O)nc2ccc(Cl)cc21. The topological polar surface area (TPSA) is 64.3 Å². The summed E-state index contributed by atoms with van der Waals surface area (Å²) in [4.78, 5) is 15.2. The van der Waals surface area contributed by atoms with Gasteiger partial charge in [-0.3, -0.25) is 4.79 Å². The van der Waals surface area contributed by atoms with E-state index in [4.69, 9.17) is 21.4 Å². The van der Waals surface area contributed by atoms with E-state index in [0.29, 0.717) is 29.9 Å². The van der Waals surface area contributed by atoms with Gasteiger partial charge in [-0.1, -0.05) is 23.4 Å². The van der Waals surface area contributed by atoms with Crippen LogP contribution in [0.15, 0.2) is 23.4 Å². The van der Waals surface area contributed by atoms with E-state index in [1.54, 1.807) is 6.07 Å². The molecule has 108 valence electrons. The van der Waals surface area contributed by atoms with Gasteiger partial charge in [-0.25, -0.2) is 4.98 Å². The molecule has 0 radical (unpaired) electrons. The molecule has 0 saturated carbocycles. The maximum absolute atomic E-state index is 10.7. The van der Waals surface area contributed by atoms with Gasteiger partial charge in [-0.2, -0.15) is 0 Å². The van der Waals surface area contributed by atoms with E-state index >= 15 is 0 Å². The van der Waals surface area contributed by atoms with Crippen molar-refractivity contribution in [2.24, 2.45) is 0 Å². The number of carbonyl (C=O) groups is 1. The maximum Gasteiger partial charge on any atom is 0.313 e. The number of halogens is 1. The number of fused-ring (bicyclic) bond motifs is 1. The minimum atomic E-state index is -0.864. The molecule has 0 atom stereocenters. The van der Waals surface area contributed by atoms with Crippen molar-refractivity contribution in [1.29, 1.82) is 0 Å². The van der Waals surface area contributed by atoms with Gasteiger partial charge >= 0.3 is 5.97 Å². The number of carboxylic acids is 1. The summed E-state index contributed by atoms with van der Waals surface area (Å²) in [5.41, 5.74) is 1.70. The number of ether oxygens (including phenoxy) is 1. The smallest absolute Gasteiger partial charge is 0.313 e. The molecule has 1 aromatic carbocycles. The number of rotatable bonds is 7. The summed E-state index contributed by atoms with van der Waals surface area (Å²) >= 11 is 7.21. The summed E-state index contributed by atoms with van der Waals surface area (Å²) in [5.74, 6) is -0.887. The molecule has 0 saturated heterocycles. The lowest BCUT2D eigenvalue weighted by Gasteiger charge is -2.08. The van der Waals surface area contributed by atoms with E-state index < -0.39 is 5.97 Å². The second-order valence-corrected chi connectivity index (χ2v) is 5.44. The highest BCUT2D eigenvalue weighted by Gasteiger charge is 2.13. The molecule has 0 unspecified atom stereocenters. The summed E-state index contributed by atoms with van der Waals surface area (Å²) in [7, 11) is 0. The standard InChI is InChI=1S/C13H15ClN2O3S/c1-2-19-6-5-16-11-7-9(14)3-4-10(11)15-13(16)20-8-12(17)18/h3-4,7H,2,5-6,8H2,1H3,(H,17,18). The molecule has 5 nitrogen and oxygen atoms in total. The van der Waals surface area contributed by atoms with E-state index in [1.165, 1.54) is 11.8 Å². The largest absolute Gasteiger partial charge is 0.481 e. The number of hydrogen-bond acceptors (Lipinski definition) is 4. The summed E-state index contributed by atoms with van der Waals surface area (Å²) in [6.07, 6.45) is 0. The molecule has 0 amide bonds. The average Bonchev–Trinajstić information content (AvgIpc) is 2.74. The molecular formula is C13H15ClN2O3S. The Bertz CT molecular complexity index is 615. The Labute approximate surface area is 125 Å². The Morgan fingerprint density at radius 1 is 1.55 bits per heavy atom. The van der Waals surface area contributed by atoms with Crippen LogP contribution in [0.25, 0.3) is 11.0 Å². The van der Waals surface area contributed by atoms with Gasteiger partial charge in [0.25, 0.3) is 0 Å². The number of aromatic nitrogens is 2. The first-order valence-electron chi connectivity index (χ1n) is 6.20. The third-order valence-electron chi connectivity index (χ3n) is 2.66. The van der Waals surface area contributed by atoms with Gasteiger partial charge in [0.2, 0.25) is 0 Å². The quantitative estimate of drug-likeness (QED) is 0.629. The average molecular weight is 315 g/mol. The Balaban J connectivity index is 2.32. The lowest BCUT2D eigenvalue weighted by molar-refractivity contribution is -0.133. The van der Waals surface area contributed by atoms with E-state index in [-0.39, 0.29) is 5.75 Å². The lowest BCUT2D eigenvalue weighted by atomic mass is 10.3. The van der Waals surface area contributed by atoms with E-state index in [1.807, 2.05) is 23.6 Å². The molecule has 0 fully saturated rings. The molecule has 0 aliphatic heterocycles. The number of hydrogen-bond donors (Lipinski definition) is 1. The van der Waals surface area contributed by atoms with Crippen molar-refractivity contribution < 1.29 is 14.6 Å². The van der Waals surface area contributed by atoms with Crippen LogP contribution in [0.1, 0.15) is 6.92 Å². The molecule has 0 spiro atoms. The molecule has 1 heterocycles. The molecule has 0 aliphatic rings. The molecule has 2 rings (SSSR count). The van der Waals surface area contributed by atoms with Gasteiger partial charge in [-0.05, 0) is 25.1 Å². The van der Waals surface area contributed by atoms with E-state index in [0.717, 1.165) is 11.0 Å². The van der Waals surface area contributed by atoms with Crippen molar-refractivity contribution in [3.05, 3.63) is 23.2 Å². The predicted octanol–water partition coefficient (Wildman–Crippen LogP) is 2.90. The van der Waals surface area contributed by atoms with Crippen LogP contribution in [0.5, 0.6) is 0 Å². The van der Waals surface area contributed by atoms with Crippen molar-refractivity contribution in [3.63, 3.8) is 0 Å². The van der Waals surface area contributed by atoms with Crippen molar-refractivity contribution in [2.75, 3.05) is 19.0 Å². The Morgan fingerprint density at radius 2 is 2.35 bits per heavy atom. The van der Waals surface area contributed by atoms with Gasteiger partial charge in [-0.15, -0.1) is 0 Å². The number of thioether (sulfide) groups is 1. The Kier molecular flexibility index (Phi) is 5.28. The zero-order valence-corrected chi connectivity index (χ0v) is 12.6. The third-order valence-corrected chi connectivity index (χ3v) is 3.86. The number of nitrogens with zero attached hydrogens (tertiary/aromatic N) is 2. The fourth-order valence-corrected chi connectivity index (χ4v) is 2.75. The Hall–Kier alpha value is -1.24. The van der Waals surface area contributed by atoms with Crippen LogP contribution in [0.3, 0.4) is 0 Å². The van der Waals surface area contributed by atoms with Crippen LogP contribution >= 0.6 is 23.4 Å². The van der Waals surface area contributed by atoms with Crippen LogP contribution in [0.4, 0.5) is 0 Å². The number of benzene rings is 1. The molecule has 0 bridgehead atoms. The zero-order valence-electron chi connectivity index (χ0n) is 11.0. The van der Waals surface area contributed by atoms with Gasteiger partial charge < -0.3 is 14.4 Å². The van der Waals surface area contributed by atoms with Crippen LogP contribution < -0.4 is 0 Å². The van der Waals surface area contributed by atoms with Gasteiger partial charge in [0.15, 0.2) is 5.16 Å². The lowest BCUT2D eigenvalue weighted by Crippen LogP contribution is -2.08. The highest BCUT2D eigenvalue weighted by Crippen LogP contribution is 2.26. The molecular weight excluding hydrogens is 300 g/mol. The van der Waals surface area contributed by atoms with Crippen molar-refractivity contribution in [1.82, 2.24) is 9.55 Å². The first kappa shape index (κ1) is 15.2. The summed E-state index contributed by atoms with van der Waals surface area (Å²) in [6.45, 7) is 3.75. The van der Waals surface area contributed by atoms with Crippen LogP contribution in [0, 0.1) is 0 Å². The fourth-order valence-electron chi connectivity index (χ4n) is 1.83. The summed E-state index contributed by atoms with van der Waals surface area (Å²) < 4.78 is 7.31. The number of carboxylic acid groups (broad SMARTS) is 1. The monoisotopic (exact) mass is 314 g/mol. The van der Waals surface area contributed by atoms with Crippen molar-refractivity contribution in [3.8, 4) is 0 Å². The van der Waals surface area contributed by atoms with Crippen LogP contribution in [-0.2, 0) is 16.1 Å². The minimum Gasteiger partial charge on any atom is -0.481 e. The third kappa shape index (κ3) is 3.65. The summed E-state index contributed by atoms with van der Waals surface area (Å²) in [5, 5.41) is 10.1. The zero-order chi connectivity index (χ0) is 14.5. The highest BCUT2D eigenvalue weighted by atomic mass is 35.5. The van der Waals surface area contributed by atoms with Gasteiger partial charge in [0.05, 0.1) is 23.4 Å². The summed E-state index contributed by atoms with van der Waals surface area (Å²) in [6, 6.07) is 5.44. The van der Waals surface area contributed by atoms with Crippen LogP contribution in [-0.4, -0.2) is 39.6 Å². The van der Waals surface area contributed by atoms with E-state index in [9.17, 15) is 4.79 Å². The molecule has 7 heteroatoms. The number of aliphatic carboxylic acids is 1. The fraction of sp³-hybridized carbons (Fsp3) is 0.385. The second kappa shape index (κ2) is 6.97. The second-order valence-electron chi connectivity index (χ2n) is 4.06. The van der Waals surface area contributed by atoms with Gasteiger partial charge in [0.1, 0.15) is 0 Å². The molecule has 1 N–H and O–H groups in total. The first-order chi connectivity index (χ1) is 9.61. The highest BCUT2D eigenvalue weighted by molar-refractivity contribution is 7.99. The van der Waals surface area contributed by atoms with Gasteiger partial charge in [0, 0.05) is 18.2 Å². The maximum atomic E-state index is 10.7. The molecule has 1 aromatic heterocycles. The molecule has 20 heavy (non-hydrogen) atoms. The minimum absolute atomic E-state index is 0.0221. The first-order valence-corrected chi connectivity index (χ1v) is 7.56. The van der Waals surface area contributed by atoms with E-state index in [2.05, 4.69) is 4.98 Å². The Morgan fingerprint density at radius 3 is 3.05 bits per heavy atom.